The summed E-state index contributed by atoms with van der Waals surface area (Å²) in [4.78, 5) is 8.62. The van der Waals surface area contributed by atoms with Gasteiger partial charge in [0.2, 0.25) is 0 Å². The highest BCUT2D eigenvalue weighted by Crippen LogP contribution is 2.29. The van der Waals surface area contributed by atoms with Crippen LogP contribution in [0, 0.1) is 13.8 Å². The van der Waals surface area contributed by atoms with Crippen LogP contribution < -0.4 is 0 Å². The van der Waals surface area contributed by atoms with E-state index < -0.39 is 0 Å². The summed E-state index contributed by atoms with van der Waals surface area (Å²) >= 11 is 0. The van der Waals surface area contributed by atoms with Gasteiger partial charge in [-0.05, 0) is 25.5 Å². The van der Waals surface area contributed by atoms with Crippen molar-refractivity contribution in [3.8, 4) is 0 Å². The number of hydrogen-bond donors (Lipinski definition) is 0. The Morgan fingerprint density at radius 3 is 2.75 bits per heavy atom. The summed E-state index contributed by atoms with van der Waals surface area (Å²) < 4.78 is 2.20. The standard InChI is InChI=1S/C13H13N3/c1-8-9(2)15-6-11-10-4-5-14-7-12(10)16(3)13(8)11/h4-7H,1-3H3. The molecule has 3 nitrogen and oxygen atoms in total. The van der Waals surface area contributed by atoms with Crippen LogP contribution in [0.2, 0.25) is 0 Å². The Morgan fingerprint density at radius 2 is 1.94 bits per heavy atom. The Morgan fingerprint density at radius 1 is 1.12 bits per heavy atom. The van der Waals surface area contributed by atoms with Crippen molar-refractivity contribution in [2.75, 3.05) is 0 Å². The van der Waals surface area contributed by atoms with Gasteiger partial charge in [0, 0.05) is 35.9 Å². The molecule has 0 radical (unpaired) electrons. The lowest BCUT2D eigenvalue weighted by molar-refractivity contribution is 0.995. The molecule has 0 fully saturated rings. The molecule has 0 unspecified atom stereocenters. The summed E-state index contributed by atoms with van der Waals surface area (Å²) in [6, 6.07) is 2.05. The molecular formula is C13H13N3. The second-order valence-corrected chi connectivity index (χ2v) is 4.18. The average Bonchev–Trinajstić information content (AvgIpc) is 2.59. The van der Waals surface area contributed by atoms with E-state index in [2.05, 4.69) is 28.5 Å². The van der Waals surface area contributed by atoms with Gasteiger partial charge in [-0.2, -0.15) is 0 Å². The molecule has 16 heavy (non-hydrogen) atoms. The molecule has 0 bridgehead atoms. The Balaban J connectivity index is 2.67. The van der Waals surface area contributed by atoms with Crippen LogP contribution in [0.25, 0.3) is 21.8 Å². The Hall–Kier alpha value is -1.90. The lowest BCUT2D eigenvalue weighted by atomic mass is 10.1. The van der Waals surface area contributed by atoms with E-state index in [-0.39, 0.29) is 0 Å². The van der Waals surface area contributed by atoms with Gasteiger partial charge in [-0.1, -0.05) is 0 Å². The van der Waals surface area contributed by atoms with Crippen LogP contribution in [-0.2, 0) is 7.05 Å². The molecule has 3 heterocycles. The molecule has 0 saturated carbocycles. The van der Waals surface area contributed by atoms with Gasteiger partial charge in [0.25, 0.3) is 0 Å². The number of rotatable bonds is 0. The summed E-state index contributed by atoms with van der Waals surface area (Å²) in [6.07, 6.45) is 5.70. The minimum Gasteiger partial charge on any atom is -0.342 e. The minimum absolute atomic E-state index is 1.09. The molecule has 0 amide bonds. The molecule has 0 atom stereocenters. The molecule has 3 rings (SSSR count). The molecule has 3 aromatic heterocycles. The van der Waals surface area contributed by atoms with Gasteiger partial charge in [-0.25, -0.2) is 0 Å². The van der Waals surface area contributed by atoms with Crippen molar-refractivity contribution < 1.29 is 0 Å². The zero-order chi connectivity index (χ0) is 11.3. The number of fused-ring (bicyclic) bond motifs is 3. The van der Waals surface area contributed by atoms with Crippen LogP contribution in [0.15, 0.2) is 24.7 Å². The van der Waals surface area contributed by atoms with E-state index in [1.54, 1.807) is 0 Å². The summed E-state index contributed by atoms with van der Waals surface area (Å²) in [6.45, 7) is 4.17. The third-order valence-electron chi connectivity index (χ3n) is 3.33. The number of pyridine rings is 2. The molecule has 80 valence electrons. The molecule has 0 N–H and O–H groups in total. The first-order valence-electron chi connectivity index (χ1n) is 5.34. The van der Waals surface area contributed by atoms with Crippen molar-refractivity contribution in [3.05, 3.63) is 35.9 Å². The molecule has 0 saturated heterocycles. The monoisotopic (exact) mass is 211 g/mol. The second-order valence-electron chi connectivity index (χ2n) is 4.18. The summed E-state index contributed by atoms with van der Waals surface area (Å²) in [5.41, 5.74) is 4.76. The Kier molecular flexibility index (Phi) is 1.78. The predicted octanol–water partition coefficient (Wildman–Crippen LogP) is 2.74. The zero-order valence-electron chi connectivity index (χ0n) is 9.65. The van der Waals surface area contributed by atoms with Gasteiger partial charge in [0.15, 0.2) is 0 Å². The maximum atomic E-state index is 4.44. The van der Waals surface area contributed by atoms with Crippen LogP contribution in [0.3, 0.4) is 0 Å². The highest BCUT2D eigenvalue weighted by Gasteiger charge is 2.11. The van der Waals surface area contributed by atoms with Crippen molar-refractivity contribution in [1.29, 1.82) is 0 Å². The Bertz CT molecular complexity index is 695. The van der Waals surface area contributed by atoms with Crippen molar-refractivity contribution in [2.45, 2.75) is 13.8 Å². The number of aryl methyl sites for hydroxylation is 3. The molecule has 0 aliphatic rings. The first-order valence-corrected chi connectivity index (χ1v) is 5.34. The fraction of sp³-hybridized carbons (Fsp3) is 0.231. The first-order chi connectivity index (χ1) is 7.70. The molecule has 0 aliphatic heterocycles. The summed E-state index contributed by atoms with van der Waals surface area (Å²) in [7, 11) is 2.08. The van der Waals surface area contributed by atoms with E-state index in [1.165, 1.54) is 21.9 Å². The zero-order valence-corrected chi connectivity index (χ0v) is 9.65. The van der Waals surface area contributed by atoms with Gasteiger partial charge in [0.1, 0.15) is 0 Å². The predicted molar refractivity (Wildman–Crippen MR) is 65.5 cm³/mol. The summed E-state index contributed by atoms with van der Waals surface area (Å²) in [5.74, 6) is 0. The number of aromatic nitrogens is 3. The molecule has 0 aliphatic carbocycles. The topological polar surface area (TPSA) is 30.7 Å². The first kappa shape index (κ1) is 9.33. The van der Waals surface area contributed by atoms with E-state index >= 15 is 0 Å². The van der Waals surface area contributed by atoms with E-state index in [9.17, 15) is 0 Å². The molecule has 0 spiro atoms. The lowest BCUT2D eigenvalue weighted by Crippen LogP contribution is -1.93. The van der Waals surface area contributed by atoms with Crippen molar-refractivity contribution in [1.82, 2.24) is 14.5 Å². The van der Waals surface area contributed by atoms with Crippen LogP contribution >= 0.6 is 0 Å². The number of nitrogens with zero attached hydrogens (tertiary/aromatic N) is 3. The molecule has 3 aromatic rings. The maximum Gasteiger partial charge on any atom is 0.0675 e. The van der Waals surface area contributed by atoms with Crippen molar-refractivity contribution in [2.24, 2.45) is 7.05 Å². The van der Waals surface area contributed by atoms with E-state index in [1.807, 2.05) is 31.6 Å². The highest BCUT2D eigenvalue weighted by molar-refractivity contribution is 6.08. The third kappa shape index (κ3) is 1.03. The minimum atomic E-state index is 1.09. The van der Waals surface area contributed by atoms with Crippen LogP contribution in [0.1, 0.15) is 11.3 Å². The summed E-state index contributed by atoms with van der Waals surface area (Å²) in [5, 5.41) is 2.44. The van der Waals surface area contributed by atoms with Crippen LogP contribution in [-0.4, -0.2) is 14.5 Å². The molecular weight excluding hydrogens is 198 g/mol. The van der Waals surface area contributed by atoms with E-state index in [4.69, 9.17) is 0 Å². The SMILES string of the molecule is Cc1ncc2c3ccncc3n(C)c2c1C. The van der Waals surface area contributed by atoms with Gasteiger partial charge in [-0.15, -0.1) is 0 Å². The van der Waals surface area contributed by atoms with Gasteiger partial charge >= 0.3 is 0 Å². The molecule has 3 heteroatoms. The van der Waals surface area contributed by atoms with Crippen LogP contribution in [0.4, 0.5) is 0 Å². The fourth-order valence-corrected chi connectivity index (χ4v) is 2.32. The van der Waals surface area contributed by atoms with E-state index in [0.717, 1.165) is 11.2 Å². The normalized spacial score (nSPS) is 11.4. The van der Waals surface area contributed by atoms with Crippen molar-refractivity contribution in [3.63, 3.8) is 0 Å². The maximum absolute atomic E-state index is 4.44. The third-order valence-corrected chi connectivity index (χ3v) is 3.33. The van der Waals surface area contributed by atoms with Gasteiger partial charge in [0.05, 0.1) is 17.2 Å². The lowest BCUT2D eigenvalue weighted by Gasteiger charge is -2.03. The average molecular weight is 211 g/mol. The fourth-order valence-electron chi connectivity index (χ4n) is 2.32. The largest absolute Gasteiger partial charge is 0.342 e. The highest BCUT2D eigenvalue weighted by atomic mass is 15.0. The van der Waals surface area contributed by atoms with Gasteiger partial charge in [-0.3, -0.25) is 9.97 Å². The Labute approximate surface area is 93.7 Å². The smallest absolute Gasteiger partial charge is 0.0675 e. The quantitative estimate of drug-likeness (QED) is 0.572. The van der Waals surface area contributed by atoms with Crippen molar-refractivity contribution >= 4 is 21.8 Å². The van der Waals surface area contributed by atoms with Gasteiger partial charge < -0.3 is 4.57 Å². The van der Waals surface area contributed by atoms with E-state index in [0.29, 0.717) is 0 Å². The second kappa shape index (κ2) is 3.04. The van der Waals surface area contributed by atoms with Crippen LogP contribution in [0.5, 0.6) is 0 Å². The number of hydrogen-bond acceptors (Lipinski definition) is 2. The molecule has 0 aromatic carbocycles.